The van der Waals surface area contributed by atoms with E-state index in [1.54, 1.807) is 12.1 Å². The Balaban J connectivity index is 2.66. The minimum atomic E-state index is -0.0950. The lowest BCUT2D eigenvalue weighted by molar-refractivity contribution is 0.0937. The molecule has 0 saturated carbocycles. The quantitative estimate of drug-likeness (QED) is 0.829. The first-order valence-corrected chi connectivity index (χ1v) is 6.71. The fourth-order valence-corrected chi connectivity index (χ4v) is 1.91. The SMILES string of the molecule is CC(N)CC(C)NC(=O)c1cccc(OC(C)C)c1. The zero-order valence-electron chi connectivity index (χ0n) is 12.1. The molecule has 106 valence electrons. The molecule has 0 saturated heterocycles. The summed E-state index contributed by atoms with van der Waals surface area (Å²) < 4.78 is 5.57. The number of carbonyl (C=O) groups is 1. The molecular formula is C15H24N2O2. The first kappa shape index (κ1) is 15.5. The summed E-state index contributed by atoms with van der Waals surface area (Å²) in [5.41, 5.74) is 6.32. The van der Waals surface area contributed by atoms with Crippen molar-refractivity contribution >= 4 is 5.91 Å². The lowest BCUT2D eigenvalue weighted by atomic mass is 10.1. The van der Waals surface area contributed by atoms with Crippen LogP contribution >= 0.6 is 0 Å². The normalized spacial score (nSPS) is 14.0. The van der Waals surface area contributed by atoms with Crippen LogP contribution in [0.15, 0.2) is 24.3 Å². The van der Waals surface area contributed by atoms with Crippen LogP contribution in [0.1, 0.15) is 44.5 Å². The number of hydrogen-bond acceptors (Lipinski definition) is 3. The highest BCUT2D eigenvalue weighted by Gasteiger charge is 2.12. The summed E-state index contributed by atoms with van der Waals surface area (Å²) in [6.07, 6.45) is 0.851. The maximum Gasteiger partial charge on any atom is 0.251 e. The van der Waals surface area contributed by atoms with E-state index in [-0.39, 0.29) is 24.1 Å². The highest BCUT2D eigenvalue weighted by molar-refractivity contribution is 5.94. The van der Waals surface area contributed by atoms with Crippen molar-refractivity contribution in [1.29, 1.82) is 0 Å². The minimum Gasteiger partial charge on any atom is -0.491 e. The van der Waals surface area contributed by atoms with E-state index in [0.29, 0.717) is 11.3 Å². The topological polar surface area (TPSA) is 64.3 Å². The van der Waals surface area contributed by atoms with Crippen LogP contribution in [0.4, 0.5) is 0 Å². The molecule has 0 aliphatic heterocycles. The van der Waals surface area contributed by atoms with Gasteiger partial charge >= 0.3 is 0 Å². The number of nitrogens with two attached hydrogens (primary N) is 1. The van der Waals surface area contributed by atoms with Crippen molar-refractivity contribution < 1.29 is 9.53 Å². The maximum absolute atomic E-state index is 12.1. The molecule has 4 nitrogen and oxygen atoms in total. The third kappa shape index (κ3) is 5.75. The molecule has 0 fully saturated rings. The van der Waals surface area contributed by atoms with Crippen molar-refractivity contribution in [2.75, 3.05) is 0 Å². The molecule has 0 aromatic heterocycles. The maximum atomic E-state index is 12.1. The van der Waals surface area contributed by atoms with Gasteiger partial charge in [0.15, 0.2) is 0 Å². The molecule has 0 bridgehead atoms. The fraction of sp³-hybridized carbons (Fsp3) is 0.533. The smallest absolute Gasteiger partial charge is 0.251 e. The Bertz CT molecular complexity index is 416. The minimum absolute atomic E-state index is 0.0576. The van der Waals surface area contributed by atoms with E-state index in [1.807, 2.05) is 39.8 Å². The Hall–Kier alpha value is -1.55. The van der Waals surface area contributed by atoms with Crippen LogP contribution < -0.4 is 15.8 Å². The molecule has 0 aliphatic rings. The summed E-state index contributed by atoms with van der Waals surface area (Å²) in [6, 6.07) is 7.34. The molecule has 3 N–H and O–H groups in total. The van der Waals surface area contributed by atoms with Gasteiger partial charge < -0.3 is 15.8 Å². The second kappa shape index (κ2) is 7.14. The van der Waals surface area contributed by atoms with Gasteiger partial charge in [-0.1, -0.05) is 6.07 Å². The van der Waals surface area contributed by atoms with Crippen LogP contribution in [0.5, 0.6) is 5.75 Å². The molecule has 2 atom stereocenters. The van der Waals surface area contributed by atoms with E-state index < -0.39 is 0 Å². The molecule has 0 aliphatic carbocycles. The Labute approximate surface area is 115 Å². The number of amides is 1. The van der Waals surface area contributed by atoms with Gasteiger partial charge in [0.05, 0.1) is 6.10 Å². The summed E-state index contributed by atoms with van der Waals surface area (Å²) in [4.78, 5) is 12.1. The average Bonchev–Trinajstić information content (AvgIpc) is 2.27. The van der Waals surface area contributed by atoms with Gasteiger partial charge in [-0.3, -0.25) is 4.79 Å². The molecule has 1 aromatic carbocycles. The van der Waals surface area contributed by atoms with Crippen LogP contribution in [0.2, 0.25) is 0 Å². The summed E-state index contributed by atoms with van der Waals surface area (Å²) >= 11 is 0. The molecule has 1 amide bonds. The molecule has 19 heavy (non-hydrogen) atoms. The van der Waals surface area contributed by atoms with Crippen molar-refractivity contribution in [3.05, 3.63) is 29.8 Å². The van der Waals surface area contributed by atoms with Gasteiger partial charge in [-0.25, -0.2) is 0 Å². The van der Waals surface area contributed by atoms with E-state index >= 15 is 0 Å². The van der Waals surface area contributed by atoms with E-state index in [0.717, 1.165) is 6.42 Å². The van der Waals surface area contributed by atoms with E-state index in [1.165, 1.54) is 0 Å². The largest absolute Gasteiger partial charge is 0.491 e. The Morgan fingerprint density at radius 3 is 2.58 bits per heavy atom. The lowest BCUT2D eigenvalue weighted by Crippen LogP contribution is -2.36. The van der Waals surface area contributed by atoms with Crippen LogP contribution in [0, 0.1) is 0 Å². The zero-order valence-corrected chi connectivity index (χ0v) is 12.1. The number of rotatable bonds is 6. The summed E-state index contributed by atoms with van der Waals surface area (Å²) in [5, 5.41) is 2.93. The van der Waals surface area contributed by atoms with Crippen LogP contribution in [-0.4, -0.2) is 24.1 Å². The highest BCUT2D eigenvalue weighted by atomic mass is 16.5. The summed E-state index contributed by atoms with van der Waals surface area (Å²) in [6.45, 7) is 7.80. The second-order valence-electron chi connectivity index (χ2n) is 5.28. The van der Waals surface area contributed by atoms with Crippen LogP contribution in [-0.2, 0) is 0 Å². The van der Waals surface area contributed by atoms with Crippen molar-refractivity contribution in [3.8, 4) is 5.75 Å². The molecular weight excluding hydrogens is 240 g/mol. The molecule has 0 radical (unpaired) electrons. The number of hydrogen-bond donors (Lipinski definition) is 2. The third-order valence-electron chi connectivity index (χ3n) is 2.57. The Morgan fingerprint density at radius 1 is 1.32 bits per heavy atom. The Kier molecular flexibility index (Phi) is 5.83. The zero-order chi connectivity index (χ0) is 14.4. The molecule has 1 aromatic rings. The highest BCUT2D eigenvalue weighted by Crippen LogP contribution is 2.15. The van der Waals surface area contributed by atoms with Gasteiger partial charge in [-0.15, -0.1) is 0 Å². The Morgan fingerprint density at radius 2 is 2.00 bits per heavy atom. The molecule has 1 rings (SSSR count). The number of nitrogens with one attached hydrogen (secondary N) is 1. The van der Waals surface area contributed by atoms with Crippen LogP contribution in [0.3, 0.4) is 0 Å². The predicted molar refractivity (Wildman–Crippen MR) is 77.4 cm³/mol. The standard InChI is InChI=1S/C15H24N2O2/c1-10(2)19-14-7-5-6-13(9-14)15(18)17-12(4)8-11(3)16/h5-7,9-12H,8,16H2,1-4H3,(H,17,18). The van der Waals surface area contributed by atoms with E-state index in [9.17, 15) is 4.79 Å². The fourth-order valence-electron chi connectivity index (χ4n) is 1.91. The molecule has 0 heterocycles. The lowest BCUT2D eigenvalue weighted by Gasteiger charge is -2.16. The van der Waals surface area contributed by atoms with E-state index in [2.05, 4.69) is 5.32 Å². The van der Waals surface area contributed by atoms with Gasteiger partial charge in [-0.05, 0) is 52.3 Å². The average molecular weight is 264 g/mol. The van der Waals surface area contributed by atoms with Gasteiger partial charge in [0, 0.05) is 17.6 Å². The predicted octanol–water partition coefficient (Wildman–Crippen LogP) is 2.33. The monoisotopic (exact) mass is 264 g/mol. The van der Waals surface area contributed by atoms with Crippen molar-refractivity contribution in [2.24, 2.45) is 5.73 Å². The molecule has 2 unspecified atom stereocenters. The molecule has 4 heteroatoms. The van der Waals surface area contributed by atoms with E-state index in [4.69, 9.17) is 10.5 Å². The van der Waals surface area contributed by atoms with Gasteiger partial charge in [0.1, 0.15) is 5.75 Å². The van der Waals surface area contributed by atoms with Gasteiger partial charge in [-0.2, -0.15) is 0 Å². The molecule has 0 spiro atoms. The van der Waals surface area contributed by atoms with Crippen molar-refractivity contribution in [2.45, 2.75) is 52.3 Å². The third-order valence-corrected chi connectivity index (χ3v) is 2.57. The van der Waals surface area contributed by atoms with Gasteiger partial charge in [0.25, 0.3) is 5.91 Å². The number of benzene rings is 1. The summed E-state index contributed by atoms with van der Waals surface area (Å²) in [5.74, 6) is 0.616. The second-order valence-corrected chi connectivity index (χ2v) is 5.28. The number of carbonyl (C=O) groups excluding carboxylic acids is 1. The first-order valence-electron chi connectivity index (χ1n) is 6.71. The van der Waals surface area contributed by atoms with Crippen LogP contribution in [0.25, 0.3) is 0 Å². The first-order chi connectivity index (χ1) is 8.88. The number of ether oxygens (including phenoxy) is 1. The van der Waals surface area contributed by atoms with Crippen molar-refractivity contribution in [1.82, 2.24) is 5.32 Å². The van der Waals surface area contributed by atoms with Gasteiger partial charge in [0.2, 0.25) is 0 Å². The summed E-state index contributed by atoms with van der Waals surface area (Å²) in [7, 11) is 0. The van der Waals surface area contributed by atoms with Crippen molar-refractivity contribution in [3.63, 3.8) is 0 Å².